The first-order valence-corrected chi connectivity index (χ1v) is 10.2. The van der Waals surface area contributed by atoms with Crippen molar-refractivity contribution in [2.24, 2.45) is 0 Å². The Kier molecular flexibility index (Phi) is 4.50. The first-order valence-electron chi connectivity index (χ1n) is 10.2. The standard InChI is InChI=1S/C23H22N4O3/c1-2-26-18-8-4-3-7-16(18)24-21(26)19-9-5-13-27(19)23(29)15-11-12-17(25-22(15)28)20-10-6-14-30-20/h3-4,6-8,10-12,14,19H,2,5,9,13H2,1H3,(H,25,28). The predicted molar refractivity (Wildman–Crippen MR) is 113 cm³/mol. The van der Waals surface area contributed by atoms with Gasteiger partial charge in [-0.1, -0.05) is 12.1 Å². The number of para-hydroxylation sites is 2. The van der Waals surface area contributed by atoms with Gasteiger partial charge in [-0.25, -0.2) is 4.98 Å². The molecule has 0 saturated carbocycles. The lowest BCUT2D eigenvalue weighted by atomic mass is 10.1. The highest BCUT2D eigenvalue weighted by atomic mass is 16.3. The number of nitrogens with zero attached hydrogens (tertiary/aromatic N) is 3. The van der Waals surface area contributed by atoms with Crippen molar-refractivity contribution in [3.8, 4) is 11.5 Å². The van der Waals surface area contributed by atoms with E-state index in [0.29, 0.717) is 18.0 Å². The van der Waals surface area contributed by atoms with Crippen LogP contribution >= 0.6 is 0 Å². The van der Waals surface area contributed by atoms with Gasteiger partial charge in [0.1, 0.15) is 17.1 Å². The molecule has 1 aromatic carbocycles. The lowest BCUT2D eigenvalue weighted by Crippen LogP contribution is -2.35. The fourth-order valence-corrected chi connectivity index (χ4v) is 4.33. The number of furan rings is 1. The average Bonchev–Trinajstić information content (AvgIpc) is 3.52. The highest BCUT2D eigenvalue weighted by Crippen LogP contribution is 2.34. The molecular formula is C23H22N4O3. The van der Waals surface area contributed by atoms with Gasteiger partial charge in [0.25, 0.3) is 11.5 Å². The molecule has 4 heterocycles. The summed E-state index contributed by atoms with van der Waals surface area (Å²) in [5.41, 5.74) is 2.26. The van der Waals surface area contributed by atoms with Crippen LogP contribution in [0.3, 0.4) is 0 Å². The Morgan fingerprint density at radius 1 is 1.20 bits per heavy atom. The molecule has 1 fully saturated rings. The van der Waals surface area contributed by atoms with Crippen LogP contribution in [0.1, 0.15) is 42.0 Å². The third kappa shape index (κ3) is 2.94. The molecule has 4 aromatic rings. The van der Waals surface area contributed by atoms with E-state index in [9.17, 15) is 9.59 Å². The van der Waals surface area contributed by atoms with E-state index in [0.717, 1.165) is 36.2 Å². The molecule has 1 aliphatic heterocycles. The van der Waals surface area contributed by atoms with E-state index in [1.165, 1.54) is 0 Å². The number of likely N-dealkylation sites (tertiary alicyclic amines) is 1. The molecule has 7 heteroatoms. The number of aryl methyl sites for hydroxylation is 1. The van der Waals surface area contributed by atoms with Crippen LogP contribution in [0.25, 0.3) is 22.5 Å². The number of hydrogen-bond donors (Lipinski definition) is 1. The maximum Gasteiger partial charge on any atom is 0.261 e. The quantitative estimate of drug-likeness (QED) is 0.560. The van der Waals surface area contributed by atoms with E-state index >= 15 is 0 Å². The second-order valence-electron chi connectivity index (χ2n) is 7.45. The first kappa shape index (κ1) is 18.4. The Hall–Kier alpha value is -3.61. The molecule has 3 aromatic heterocycles. The second-order valence-corrected chi connectivity index (χ2v) is 7.45. The van der Waals surface area contributed by atoms with E-state index in [1.807, 2.05) is 18.2 Å². The maximum absolute atomic E-state index is 13.3. The third-order valence-electron chi connectivity index (χ3n) is 5.74. The summed E-state index contributed by atoms with van der Waals surface area (Å²) in [6.45, 7) is 3.46. The third-order valence-corrected chi connectivity index (χ3v) is 5.74. The van der Waals surface area contributed by atoms with Crippen molar-refractivity contribution in [3.63, 3.8) is 0 Å². The molecular weight excluding hydrogens is 380 g/mol. The number of hydrogen-bond acceptors (Lipinski definition) is 4. The largest absolute Gasteiger partial charge is 0.463 e. The number of benzene rings is 1. The molecule has 152 valence electrons. The van der Waals surface area contributed by atoms with Crippen LogP contribution in [0.15, 0.2) is 64.0 Å². The van der Waals surface area contributed by atoms with E-state index in [2.05, 4.69) is 22.5 Å². The minimum absolute atomic E-state index is 0.136. The number of H-pyrrole nitrogens is 1. The summed E-state index contributed by atoms with van der Waals surface area (Å²) in [5.74, 6) is 1.18. The van der Waals surface area contributed by atoms with E-state index in [4.69, 9.17) is 9.40 Å². The molecule has 1 aliphatic rings. The van der Waals surface area contributed by atoms with Crippen LogP contribution in [0, 0.1) is 0 Å². The van der Waals surface area contributed by atoms with Crippen LogP contribution in [-0.4, -0.2) is 31.9 Å². The molecule has 1 amide bonds. The zero-order valence-corrected chi connectivity index (χ0v) is 16.7. The lowest BCUT2D eigenvalue weighted by Gasteiger charge is -2.24. The topological polar surface area (TPSA) is 84.1 Å². The highest BCUT2D eigenvalue weighted by molar-refractivity contribution is 5.94. The van der Waals surface area contributed by atoms with Crippen molar-refractivity contribution in [1.82, 2.24) is 19.4 Å². The summed E-state index contributed by atoms with van der Waals surface area (Å²) in [6.07, 6.45) is 3.25. The molecule has 1 unspecified atom stereocenters. The second kappa shape index (κ2) is 7.33. The van der Waals surface area contributed by atoms with Gasteiger partial charge in [0, 0.05) is 13.1 Å². The summed E-state index contributed by atoms with van der Waals surface area (Å²) in [6, 6.07) is 14.7. The smallest absolute Gasteiger partial charge is 0.261 e. The van der Waals surface area contributed by atoms with Crippen molar-refractivity contribution in [2.45, 2.75) is 32.4 Å². The van der Waals surface area contributed by atoms with E-state index < -0.39 is 5.56 Å². The number of imidazole rings is 1. The average molecular weight is 402 g/mol. The van der Waals surface area contributed by atoms with Crippen LogP contribution in [0.4, 0.5) is 0 Å². The van der Waals surface area contributed by atoms with Gasteiger partial charge in [-0.05, 0) is 56.2 Å². The number of carbonyl (C=O) groups excluding carboxylic acids is 1. The van der Waals surface area contributed by atoms with Gasteiger partial charge in [-0.15, -0.1) is 0 Å². The van der Waals surface area contributed by atoms with E-state index in [-0.39, 0.29) is 17.5 Å². The van der Waals surface area contributed by atoms with Crippen LogP contribution < -0.4 is 5.56 Å². The Labute approximate surface area is 173 Å². The molecule has 1 saturated heterocycles. The molecule has 1 N–H and O–H groups in total. The van der Waals surface area contributed by atoms with Crippen molar-refractivity contribution in [2.75, 3.05) is 6.54 Å². The maximum atomic E-state index is 13.3. The minimum Gasteiger partial charge on any atom is -0.463 e. The van der Waals surface area contributed by atoms with Gasteiger partial charge < -0.3 is 18.9 Å². The van der Waals surface area contributed by atoms with E-state index in [1.54, 1.807) is 35.4 Å². The Morgan fingerprint density at radius 3 is 2.83 bits per heavy atom. The first-order chi connectivity index (χ1) is 14.7. The monoisotopic (exact) mass is 402 g/mol. The summed E-state index contributed by atoms with van der Waals surface area (Å²) >= 11 is 0. The lowest BCUT2D eigenvalue weighted by molar-refractivity contribution is 0.0726. The van der Waals surface area contributed by atoms with Gasteiger partial charge >= 0.3 is 0 Å². The molecule has 5 rings (SSSR count). The predicted octanol–water partition coefficient (Wildman–Crippen LogP) is 3.98. The number of pyridine rings is 1. The van der Waals surface area contributed by atoms with Crippen LogP contribution in [0.2, 0.25) is 0 Å². The summed E-state index contributed by atoms with van der Waals surface area (Å²) in [4.78, 5) is 35.4. The van der Waals surface area contributed by atoms with Gasteiger partial charge in [-0.2, -0.15) is 0 Å². The van der Waals surface area contributed by atoms with Crippen LogP contribution in [0.5, 0.6) is 0 Å². The van der Waals surface area contributed by atoms with Gasteiger partial charge in [-0.3, -0.25) is 9.59 Å². The zero-order valence-electron chi connectivity index (χ0n) is 16.7. The van der Waals surface area contributed by atoms with Crippen molar-refractivity contribution in [1.29, 1.82) is 0 Å². The number of aromatic amines is 1. The zero-order chi connectivity index (χ0) is 20.7. The van der Waals surface area contributed by atoms with Crippen molar-refractivity contribution in [3.05, 3.63) is 76.5 Å². The molecule has 0 bridgehead atoms. The molecule has 0 radical (unpaired) electrons. The Bertz CT molecular complexity index is 1270. The number of amides is 1. The molecule has 0 spiro atoms. The van der Waals surface area contributed by atoms with Crippen molar-refractivity contribution < 1.29 is 9.21 Å². The normalized spacial score (nSPS) is 16.4. The summed E-state index contributed by atoms with van der Waals surface area (Å²) < 4.78 is 7.49. The number of nitrogens with one attached hydrogen (secondary N) is 1. The fourth-order valence-electron chi connectivity index (χ4n) is 4.33. The Morgan fingerprint density at radius 2 is 2.07 bits per heavy atom. The van der Waals surface area contributed by atoms with Crippen LogP contribution in [-0.2, 0) is 6.54 Å². The highest BCUT2D eigenvalue weighted by Gasteiger charge is 2.35. The molecule has 30 heavy (non-hydrogen) atoms. The number of aromatic nitrogens is 3. The Balaban J connectivity index is 1.50. The van der Waals surface area contributed by atoms with Gasteiger partial charge in [0.15, 0.2) is 0 Å². The SMILES string of the molecule is CCn1c(C2CCCN2C(=O)c2ccc(-c3ccco3)[nH]c2=O)nc2ccccc21. The number of rotatable bonds is 4. The number of carbonyl (C=O) groups is 1. The molecule has 7 nitrogen and oxygen atoms in total. The summed E-state index contributed by atoms with van der Waals surface area (Å²) in [5, 5.41) is 0. The molecule has 0 aliphatic carbocycles. The number of fused-ring (bicyclic) bond motifs is 1. The van der Waals surface area contributed by atoms with Gasteiger partial charge in [0.05, 0.1) is 29.0 Å². The summed E-state index contributed by atoms with van der Waals surface area (Å²) in [7, 11) is 0. The van der Waals surface area contributed by atoms with Crippen molar-refractivity contribution >= 4 is 16.9 Å². The fraction of sp³-hybridized carbons (Fsp3) is 0.261. The molecule has 1 atom stereocenters. The van der Waals surface area contributed by atoms with Gasteiger partial charge in [0.2, 0.25) is 0 Å². The minimum atomic E-state index is -0.413.